The van der Waals surface area contributed by atoms with Crippen molar-refractivity contribution >= 4 is 11.8 Å². The minimum Gasteiger partial charge on any atom is -0.353 e. The number of hydrogen-bond acceptors (Lipinski definition) is 5. The molecule has 4 rings (SSSR count). The van der Waals surface area contributed by atoms with Crippen molar-refractivity contribution in [1.82, 2.24) is 14.9 Å². The van der Waals surface area contributed by atoms with Crippen LogP contribution in [0.3, 0.4) is 0 Å². The average Bonchev–Trinajstić information content (AvgIpc) is 2.79. The Balaban J connectivity index is 1.69. The van der Waals surface area contributed by atoms with Gasteiger partial charge < -0.3 is 14.7 Å². The highest BCUT2D eigenvalue weighted by molar-refractivity contribution is 5.65. The van der Waals surface area contributed by atoms with E-state index < -0.39 is 0 Å². The van der Waals surface area contributed by atoms with Gasteiger partial charge in [0.1, 0.15) is 5.82 Å². The summed E-state index contributed by atoms with van der Waals surface area (Å²) in [7, 11) is 0. The molecule has 3 heterocycles. The maximum absolute atomic E-state index is 5.08. The molecule has 0 aliphatic carbocycles. The topological polar surface area (TPSA) is 35.5 Å². The molecule has 5 heteroatoms. The second kappa shape index (κ2) is 8.91. The normalized spacial score (nSPS) is 21.1. The van der Waals surface area contributed by atoms with E-state index in [-0.39, 0.29) is 0 Å². The number of piperidine rings is 1. The van der Waals surface area contributed by atoms with Crippen LogP contribution in [0.15, 0.2) is 36.4 Å². The summed E-state index contributed by atoms with van der Waals surface area (Å²) in [4.78, 5) is 17.5. The van der Waals surface area contributed by atoms with Crippen LogP contribution in [-0.2, 0) is 0 Å². The van der Waals surface area contributed by atoms with Crippen molar-refractivity contribution in [3.05, 3.63) is 36.4 Å². The molecule has 0 bridgehead atoms. The highest BCUT2D eigenvalue weighted by atomic mass is 15.3. The molecule has 0 spiro atoms. The smallest absolute Gasteiger partial charge is 0.227 e. The molecule has 2 aliphatic rings. The van der Waals surface area contributed by atoms with Crippen LogP contribution in [0.5, 0.6) is 0 Å². The number of benzene rings is 1. The molecule has 2 aromatic rings. The largest absolute Gasteiger partial charge is 0.353 e. The van der Waals surface area contributed by atoms with Crippen LogP contribution in [-0.4, -0.2) is 60.2 Å². The summed E-state index contributed by atoms with van der Waals surface area (Å²) < 4.78 is 0. The van der Waals surface area contributed by atoms with Gasteiger partial charge in [-0.15, -0.1) is 0 Å². The molecule has 0 N–H and O–H groups in total. The van der Waals surface area contributed by atoms with E-state index in [2.05, 4.69) is 64.9 Å². The van der Waals surface area contributed by atoms with Gasteiger partial charge in [0.25, 0.3) is 0 Å². The second-order valence-corrected chi connectivity index (χ2v) is 7.95. The predicted molar refractivity (Wildman–Crippen MR) is 117 cm³/mol. The Bertz CT molecular complexity index is 755. The molecule has 2 aliphatic heterocycles. The Labute approximate surface area is 169 Å². The molecule has 2 fully saturated rings. The van der Waals surface area contributed by atoms with Crippen LogP contribution in [0, 0.1) is 0 Å². The van der Waals surface area contributed by atoms with Gasteiger partial charge >= 0.3 is 0 Å². The highest BCUT2D eigenvalue weighted by Crippen LogP contribution is 2.30. The third kappa shape index (κ3) is 4.14. The summed E-state index contributed by atoms with van der Waals surface area (Å²) >= 11 is 0. The van der Waals surface area contributed by atoms with Crippen molar-refractivity contribution in [2.24, 2.45) is 0 Å². The third-order valence-electron chi connectivity index (χ3n) is 6.27. The summed E-state index contributed by atoms with van der Waals surface area (Å²) in [5, 5.41) is 0. The molecule has 1 unspecified atom stereocenters. The van der Waals surface area contributed by atoms with E-state index in [0.29, 0.717) is 6.04 Å². The van der Waals surface area contributed by atoms with Crippen molar-refractivity contribution in [3.63, 3.8) is 0 Å². The summed E-state index contributed by atoms with van der Waals surface area (Å²) in [5.41, 5.74) is 2.21. The lowest BCUT2D eigenvalue weighted by Crippen LogP contribution is -2.47. The predicted octanol–water partition coefficient (Wildman–Crippen LogP) is 4.05. The van der Waals surface area contributed by atoms with Gasteiger partial charge in [0, 0.05) is 50.4 Å². The van der Waals surface area contributed by atoms with Crippen molar-refractivity contribution in [3.8, 4) is 11.3 Å². The van der Waals surface area contributed by atoms with Gasteiger partial charge in [-0.2, -0.15) is 4.98 Å². The van der Waals surface area contributed by atoms with Crippen molar-refractivity contribution in [1.29, 1.82) is 0 Å². The van der Waals surface area contributed by atoms with E-state index >= 15 is 0 Å². The van der Waals surface area contributed by atoms with Crippen LogP contribution >= 0.6 is 0 Å². The van der Waals surface area contributed by atoms with Gasteiger partial charge in [-0.05, 0) is 32.2 Å². The minimum atomic E-state index is 0.595. The summed E-state index contributed by atoms with van der Waals surface area (Å²) in [6.07, 6.45) is 5.03. The van der Waals surface area contributed by atoms with E-state index in [1.807, 2.05) is 0 Å². The van der Waals surface area contributed by atoms with Crippen molar-refractivity contribution < 1.29 is 0 Å². The minimum absolute atomic E-state index is 0.595. The number of likely N-dealkylation sites (N-methyl/N-ethyl adjacent to an activating group) is 1. The number of rotatable bonds is 5. The molecule has 0 amide bonds. The van der Waals surface area contributed by atoms with Gasteiger partial charge in [0.05, 0.1) is 5.69 Å². The lowest BCUT2D eigenvalue weighted by atomic mass is 10.00. The molecule has 0 radical (unpaired) electrons. The van der Waals surface area contributed by atoms with E-state index in [1.165, 1.54) is 31.2 Å². The Kier molecular flexibility index (Phi) is 6.10. The fourth-order valence-electron chi connectivity index (χ4n) is 4.46. The zero-order valence-electron chi connectivity index (χ0n) is 17.3. The van der Waals surface area contributed by atoms with Crippen LogP contribution in [0.2, 0.25) is 0 Å². The monoisotopic (exact) mass is 379 g/mol. The van der Waals surface area contributed by atoms with E-state index in [4.69, 9.17) is 9.97 Å². The Morgan fingerprint density at radius 2 is 1.71 bits per heavy atom. The quantitative estimate of drug-likeness (QED) is 0.783. The average molecular weight is 380 g/mol. The maximum Gasteiger partial charge on any atom is 0.227 e. The van der Waals surface area contributed by atoms with Crippen molar-refractivity contribution in [2.75, 3.05) is 49.1 Å². The standard InChI is InChI=1S/C23H33N5/c1-3-20-12-8-9-13-28(20)22-18-21(19-10-6-5-7-11-19)24-23(25-22)27-16-14-26(4-2)15-17-27/h5-7,10-11,18,20H,3-4,8-9,12-17H2,1-2H3. The van der Waals surface area contributed by atoms with Crippen molar-refractivity contribution in [2.45, 2.75) is 45.6 Å². The molecule has 28 heavy (non-hydrogen) atoms. The third-order valence-corrected chi connectivity index (χ3v) is 6.27. The van der Waals surface area contributed by atoms with Gasteiger partial charge in [0.2, 0.25) is 5.95 Å². The van der Waals surface area contributed by atoms with Crippen LogP contribution in [0.25, 0.3) is 11.3 Å². The lowest BCUT2D eigenvalue weighted by Gasteiger charge is -2.38. The fourth-order valence-corrected chi connectivity index (χ4v) is 4.46. The molecular formula is C23H33N5. The first-order valence-corrected chi connectivity index (χ1v) is 11.0. The molecule has 5 nitrogen and oxygen atoms in total. The number of anilines is 2. The van der Waals surface area contributed by atoms with Crippen LogP contribution in [0.4, 0.5) is 11.8 Å². The van der Waals surface area contributed by atoms with Gasteiger partial charge in [-0.1, -0.05) is 44.2 Å². The Morgan fingerprint density at radius 1 is 0.929 bits per heavy atom. The van der Waals surface area contributed by atoms with E-state index in [1.54, 1.807) is 0 Å². The van der Waals surface area contributed by atoms with Gasteiger partial charge in [-0.3, -0.25) is 0 Å². The lowest BCUT2D eigenvalue weighted by molar-refractivity contribution is 0.270. The first kappa shape index (κ1) is 19.2. The highest BCUT2D eigenvalue weighted by Gasteiger charge is 2.25. The molecule has 1 atom stereocenters. The first-order chi connectivity index (χ1) is 13.8. The first-order valence-electron chi connectivity index (χ1n) is 11.0. The molecule has 1 aromatic heterocycles. The second-order valence-electron chi connectivity index (χ2n) is 7.95. The number of aromatic nitrogens is 2. The number of nitrogens with zero attached hydrogens (tertiary/aromatic N) is 5. The number of piperazine rings is 1. The zero-order valence-corrected chi connectivity index (χ0v) is 17.3. The summed E-state index contributed by atoms with van der Waals surface area (Å²) in [6.45, 7) is 10.9. The molecule has 2 saturated heterocycles. The molecule has 1 aromatic carbocycles. The fraction of sp³-hybridized carbons (Fsp3) is 0.565. The Hall–Kier alpha value is -2.14. The molecule has 150 valence electrons. The Morgan fingerprint density at radius 3 is 2.43 bits per heavy atom. The zero-order chi connectivity index (χ0) is 19.3. The SMILES string of the molecule is CCC1CCCCN1c1cc(-c2ccccc2)nc(N2CCN(CC)CC2)n1. The molecule has 0 saturated carbocycles. The summed E-state index contributed by atoms with van der Waals surface area (Å²) in [6, 6.07) is 13.3. The summed E-state index contributed by atoms with van der Waals surface area (Å²) in [5.74, 6) is 2.00. The van der Waals surface area contributed by atoms with E-state index in [9.17, 15) is 0 Å². The molecular weight excluding hydrogens is 346 g/mol. The van der Waals surface area contributed by atoms with E-state index in [0.717, 1.165) is 56.7 Å². The van der Waals surface area contributed by atoms with Gasteiger partial charge in [-0.25, -0.2) is 4.98 Å². The maximum atomic E-state index is 5.08. The van der Waals surface area contributed by atoms with Gasteiger partial charge in [0.15, 0.2) is 0 Å². The van der Waals surface area contributed by atoms with Crippen LogP contribution < -0.4 is 9.80 Å². The van der Waals surface area contributed by atoms with Crippen LogP contribution in [0.1, 0.15) is 39.5 Å². The number of hydrogen-bond donors (Lipinski definition) is 0.